The maximum absolute atomic E-state index is 13.9. The lowest BCUT2D eigenvalue weighted by atomic mass is 10.0. The lowest BCUT2D eigenvalue weighted by Gasteiger charge is -2.08. The highest BCUT2D eigenvalue weighted by Gasteiger charge is 2.16. The lowest BCUT2D eigenvalue weighted by Crippen LogP contribution is -2.07. The van der Waals surface area contributed by atoms with Crippen LogP contribution in [0.1, 0.15) is 44.0 Å². The summed E-state index contributed by atoms with van der Waals surface area (Å²) in [6.45, 7) is 5.89. The molecular formula is C13H18FN3. The summed E-state index contributed by atoms with van der Waals surface area (Å²) in [6.07, 6.45) is 0. The van der Waals surface area contributed by atoms with Crippen molar-refractivity contribution in [3.8, 4) is 0 Å². The van der Waals surface area contributed by atoms with Crippen LogP contribution in [0.2, 0.25) is 0 Å². The molecule has 1 aromatic carbocycles. The van der Waals surface area contributed by atoms with Crippen LogP contribution in [0.3, 0.4) is 0 Å². The topological polar surface area (TPSA) is 43.8 Å². The molecule has 1 heterocycles. The average molecular weight is 235 g/mol. The zero-order valence-electron chi connectivity index (χ0n) is 10.7. The van der Waals surface area contributed by atoms with Gasteiger partial charge in [-0.1, -0.05) is 13.8 Å². The summed E-state index contributed by atoms with van der Waals surface area (Å²) in [5.74, 6) is 0.0293. The number of halogens is 1. The van der Waals surface area contributed by atoms with Crippen molar-refractivity contribution in [2.75, 3.05) is 0 Å². The minimum Gasteiger partial charge on any atom is -0.324 e. The second-order valence-electron chi connectivity index (χ2n) is 4.84. The van der Waals surface area contributed by atoms with Gasteiger partial charge in [0, 0.05) is 24.0 Å². The molecular weight excluding hydrogens is 217 g/mol. The van der Waals surface area contributed by atoms with Gasteiger partial charge in [-0.15, -0.1) is 0 Å². The van der Waals surface area contributed by atoms with Crippen LogP contribution in [0.15, 0.2) is 12.1 Å². The normalized spacial score (nSPS) is 13.6. The first-order valence-corrected chi connectivity index (χ1v) is 5.83. The van der Waals surface area contributed by atoms with E-state index in [2.05, 4.69) is 18.9 Å². The van der Waals surface area contributed by atoms with Gasteiger partial charge in [-0.3, -0.25) is 4.68 Å². The molecule has 0 amide bonds. The molecule has 1 atom stereocenters. The molecule has 2 aromatic rings. The Morgan fingerprint density at radius 3 is 2.47 bits per heavy atom. The first-order valence-electron chi connectivity index (χ1n) is 5.83. The Morgan fingerprint density at radius 1 is 1.29 bits per heavy atom. The average Bonchev–Trinajstić information content (AvgIpc) is 2.54. The van der Waals surface area contributed by atoms with E-state index in [1.165, 1.54) is 0 Å². The number of benzene rings is 1. The number of aromatic nitrogens is 2. The first kappa shape index (κ1) is 12.0. The summed E-state index contributed by atoms with van der Waals surface area (Å²) >= 11 is 0. The number of hydrogen-bond acceptors (Lipinski definition) is 2. The minimum absolute atomic E-state index is 0.248. The van der Waals surface area contributed by atoms with Crippen molar-refractivity contribution in [3.63, 3.8) is 0 Å². The summed E-state index contributed by atoms with van der Waals surface area (Å²) in [6, 6.07) is 3.04. The maximum atomic E-state index is 13.9. The third-order valence-corrected chi connectivity index (χ3v) is 3.03. The minimum atomic E-state index is -0.309. The number of nitrogens with two attached hydrogens (primary N) is 1. The maximum Gasteiger partial charge on any atom is 0.128 e. The molecule has 92 valence electrons. The fourth-order valence-corrected chi connectivity index (χ4v) is 2.10. The molecule has 0 aliphatic rings. The first-order chi connectivity index (χ1) is 7.91. The molecule has 2 N–H and O–H groups in total. The Kier molecular flexibility index (Phi) is 2.91. The van der Waals surface area contributed by atoms with Gasteiger partial charge >= 0.3 is 0 Å². The van der Waals surface area contributed by atoms with Crippen molar-refractivity contribution in [2.24, 2.45) is 12.8 Å². The van der Waals surface area contributed by atoms with Gasteiger partial charge in [0.05, 0.1) is 11.2 Å². The fraction of sp³-hybridized carbons (Fsp3) is 0.462. The Balaban J connectivity index is 2.76. The van der Waals surface area contributed by atoms with Crippen LogP contribution in [0.25, 0.3) is 10.9 Å². The van der Waals surface area contributed by atoms with E-state index in [1.807, 2.05) is 7.05 Å². The number of fused-ring (bicyclic) bond motifs is 1. The van der Waals surface area contributed by atoms with Crippen molar-refractivity contribution in [1.82, 2.24) is 9.78 Å². The molecule has 4 heteroatoms. The van der Waals surface area contributed by atoms with Gasteiger partial charge in [0.15, 0.2) is 0 Å². The molecule has 0 spiro atoms. The molecule has 1 unspecified atom stereocenters. The number of nitrogens with zero attached hydrogens (tertiary/aromatic N) is 2. The van der Waals surface area contributed by atoms with E-state index >= 15 is 0 Å². The summed E-state index contributed by atoms with van der Waals surface area (Å²) in [4.78, 5) is 0. The molecule has 0 saturated carbocycles. The molecule has 0 aliphatic carbocycles. The van der Waals surface area contributed by atoms with Gasteiger partial charge in [0.1, 0.15) is 5.82 Å². The van der Waals surface area contributed by atoms with E-state index in [-0.39, 0.29) is 17.8 Å². The smallest absolute Gasteiger partial charge is 0.128 e. The lowest BCUT2D eigenvalue weighted by molar-refractivity contribution is 0.595. The molecule has 0 aliphatic heterocycles. The van der Waals surface area contributed by atoms with Crippen LogP contribution >= 0.6 is 0 Å². The highest BCUT2D eigenvalue weighted by molar-refractivity contribution is 5.83. The van der Waals surface area contributed by atoms with E-state index in [9.17, 15) is 4.39 Å². The van der Waals surface area contributed by atoms with Crippen molar-refractivity contribution in [1.29, 1.82) is 0 Å². The molecule has 3 nitrogen and oxygen atoms in total. The Hall–Kier alpha value is -1.42. The second-order valence-corrected chi connectivity index (χ2v) is 4.84. The SMILES string of the molecule is CC(C)c1nn(C)c2cc(C(C)N)c(F)cc12. The third kappa shape index (κ3) is 1.93. The van der Waals surface area contributed by atoms with E-state index < -0.39 is 0 Å². The number of aryl methyl sites for hydroxylation is 1. The van der Waals surface area contributed by atoms with Gasteiger partial charge in [0.2, 0.25) is 0 Å². The summed E-state index contributed by atoms with van der Waals surface area (Å²) < 4.78 is 15.7. The largest absolute Gasteiger partial charge is 0.324 e. The Morgan fingerprint density at radius 2 is 1.94 bits per heavy atom. The zero-order chi connectivity index (χ0) is 12.7. The van der Waals surface area contributed by atoms with Crippen molar-refractivity contribution in [3.05, 3.63) is 29.2 Å². The highest BCUT2D eigenvalue weighted by Crippen LogP contribution is 2.28. The molecule has 0 bridgehead atoms. The van der Waals surface area contributed by atoms with Gasteiger partial charge in [-0.05, 0) is 25.0 Å². The Bertz CT molecular complexity index is 555. The van der Waals surface area contributed by atoms with Crippen LogP contribution in [0.5, 0.6) is 0 Å². The van der Waals surface area contributed by atoms with E-state index in [4.69, 9.17) is 5.73 Å². The van der Waals surface area contributed by atoms with Crippen molar-refractivity contribution < 1.29 is 4.39 Å². The predicted octanol–water partition coefficient (Wildman–Crippen LogP) is 2.86. The van der Waals surface area contributed by atoms with Gasteiger partial charge < -0.3 is 5.73 Å². The standard InChI is InChI=1S/C13H18FN3/c1-7(2)13-10-5-11(14)9(8(3)15)6-12(10)17(4)16-13/h5-8H,15H2,1-4H3. The molecule has 0 fully saturated rings. The van der Waals surface area contributed by atoms with Gasteiger partial charge in [0.25, 0.3) is 0 Å². The Labute approximate surface area is 100 Å². The molecule has 0 saturated heterocycles. The summed E-state index contributed by atoms with van der Waals surface area (Å²) in [7, 11) is 1.87. The number of rotatable bonds is 2. The zero-order valence-corrected chi connectivity index (χ0v) is 10.7. The van der Waals surface area contributed by atoms with Crippen molar-refractivity contribution in [2.45, 2.75) is 32.7 Å². The molecule has 1 aromatic heterocycles. The summed E-state index contributed by atoms with van der Waals surface area (Å²) in [5, 5.41) is 5.32. The van der Waals surface area contributed by atoms with Crippen LogP contribution in [-0.4, -0.2) is 9.78 Å². The van der Waals surface area contributed by atoms with Gasteiger partial charge in [-0.25, -0.2) is 4.39 Å². The fourth-order valence-electron chi connectivity index (χ4n) is 2.10. The third-order valence-electron chi connectivity index (χ3n) is 3.03. The van der Waals surface area contributed by atoms with Crippen LogP contribution in [-0.2, 0) is 7.05 Å². The summed E-state index contributed by atoms with van der Waals surface area (Å²) in [5.41, 5.74) is 8.15. The quantitative estimate of drug-likeness (QED) is 0.869. The van der Waals surface area contributed by atoms with E-state index in [0.29, 0.717) is 5.56 Å². The number of hydrogen-bond donors (Lipinski definition) is 1. The van der Waals surface area contributed by atoms with Crippen LogP contribution < -0.4 is 5.73 Å². The predicted molar refractivity (Wildman–Crippen MR) is 67.4 cm³/mol. The second kappa shape index (κ2) is 4.11. The van der Waals surface area contributed by atoms with Crippen LogP contribution in [0.4, 0.5) is 4.39 Å². The van der Waals surface area contributed by atoms with Crippen LogP contribution in [0, 0.1) is 5.82 Å². The van der Waals surface area contributed by atoms with E-state index in [1.54, 1.807) is 23.7 Å². The molecule has 0 radical (unpaired) electrons. The van der Waals surface area contributed by atoms with E-state index in [0.717, 1.165) is 16.6 Å². The molecule has 2 rings (SSSR count). The van der Waals surface area contributed by atoms with Gasteiger partial charge in [-0.2, -0.15) is 5.10 Å². The molecule has 17 heavy (non-hydrogen) atoms. The monoisotopic (exact) mass is 235 g/mol. The highest BCUT2D eigenvalue weighted by atomic mass is 19.1. The van der Waals surface area contributed by atoms with Crippen molar-refractivity contribution >= 4 is 10.9 Å².